The molecule has 26 heavy (non-hydrogen) atoms. The smallest absolute Gasteiger partial charge is 0.253 e. The standard InChI is InChI=1S/C17H21NO5S3/c1-11-5-6-16(25-11)26(19,20)18-7-8-24-17(18)12-9-14(22-3)15(23-4)10-13(12)21-2/h5-6,9-10,17H,7-8H2,1-4H3. The van der Waals surface area contributed by atoms with Gasteiger partial charge in [-0.15, -0.1) is 23.1 Å². The van der Waals surface area contributed by atoms with E-state index in [4.69, 9.17) is 14.2 Å². The van der Waals surface area contributed by atoms with Crippen LogP contribution >= 0.6 is 23.1 Å². The number of sulfonamides is 1. The van der Waals surface area contributed by atoms with Gasteiger partial charge in [-0.1, -0.05) is 0 Å². The predicted molar refractivity (Wildman–Crippen MR) is 104 cm³/mol. The molecule has 0 radical (unpaired) electrons. The van der Waals surface area contributed by atoms with Gasteiger partial charge in [-0.3, -0.25) is 0 Å². The second kappa shape index (κ2) is 7.67. The second-order valence-corrected chi connectivity index (χ2v) is 10.2. The molecule has 0 aliphatic carbocycles. The Morgan fingerprint density at radius 3 is 2.27 bits per heavy atom. The highest BCUT2D eigenvalue weighted by Gasteiger charge is 2.39. The monoisotopic (exact) mass is 415 g/mol. The molecule has 1 aromatic carbocycles. The minimum Gasteiger partial charge on any atom is -0.496 e. The SMILES string of the molecule is COc1cc(OC)c(C2SCCN2S(=O)(=O)c2ccc(C)s2)cc1OC. The first kappa shape index (κ1) is 19.3. The lowest BCUT2D eigenvalue weighted by Gasteiger charge is -2.25. The molecule has 6 nitrogen and oxygen atoms in total. The molecule has 9 heteroatoms. The third-order valence-corrected chi connectivity index (χ3v) is 8.84. The highest BCUT2D eigenvalue weighted by atomic mass is 32.2. The highest BCUT2D eigenvalue weighted by Crippen LogP contribution is 2.48. The van der Waals surface area contributed by atoms with E-state index in [9.17, 15) is 8.42 Å². The van der Waals surface area contributed by atoms with E-state index < -0.39 is 10.0 Å². The molecule has 2 aromatic rings. The van der Waals surface area contributed by atoms with Crippen LogP contribution in [0.3, 0.4) is 0 Å². The van der Waals surface area contributed by atoms with Gasteiger partial charge in [0.2, 0.25) is 0 Å². The molecule has 142 valence electrons. The van der Waals surface area contributed by atoms with Gasteiger partial charge in [0.05, 0.1) is 26.7 Å². The zero-order valence-electron chi connectivity index (χ0n) is 15.0. The van der Waals surface area contributed by atoms with Gasteiger partial charge in [0.15, 0.2) is 11.5 Å². The summed E-state index contributed by atoms with van der Waals surface area (Å²) in [5.74, 6) is 2.37. The highest BCUT2D eigenvalue weighted by molar-refractivity contribution is 8.01. The van der Waals surface area contributed by atoms with Crippen LogP contribution in [0.15, 0.2) is 28.5 Å². The fraction of sp³-hybridized carbons (Fsp3) is 0.412. The van der Waals surface area contributed by atoms with Crippen molar-refractivity contribution in [3.05, 3.63) is 34.7 Å². The third kappa shape index (κ3) is 3.40. The van der Waals surface area contributed by atoms with Crippen molar-refractivity contribution in [1.29, 1.82) is 0 Å². The van der Waals surface area contributed by atoms with Crippen LogP contribution in [-0.2, 0) is 10.0 Å². The minimum atomic E-state index is -3.57. The normalized spacial score (nSPS) is 18.1. The van der Waals surface area contributed by atoms with Gasteiger partial charge in [-0.05, 0) is 25.1 Å². The van der Waals surface area contributed by atoms with Crippen LogP contribution in [-0.4, -0.2) is 46.4 Å². The number of benzene rings is 1. The summed E-state index contributed by atoms with van der Waals surface area (Å²) in [6.45, 7) is 2.35. The number of thiophene rings is 1. The quantitative estimate of drug-likeness (QED) is 0.719. The molecule has 0 spiro atoms. The lowest BCUT2D eigenvalue weighted by Crippen LogP contribution is -2.30. The van der Waals surface area contributed by atoms with Gasteiger partial charge in [0, 0.05) is 28.8 Å². The lowest BCUT2D eigenvalue weighted by atomic mass is 10.1. The molecule has 1 unspecified atom stereocenters. The molecule has 1 aromatic heterocycles. The fourth-order valence-electron chi connectivity index (χ4n) is 2.86. The van der Waals surface area contributed by atoms with E-state index >= 15 is 0 Å². The Bertz CT molecular complexity index is 894. The van der Waals surface area contributed by atoms with Gasteiger partial charge >= 0.3 is 0 Å². The van der Waals surface area contributed by atoms with Crippen molar-refractivity contribution in [2.24, 2.45) is 0 Å². The van der Waals surface area contributed by atoms with E-state index in [1.54, 1.807) is 51.3 Å². The van der Waals surface area contributed by atoms with Crippen LogP contribution in [0.4, 0.5) is 0 Å². The molecule has 0 amide bonds. The Labute approximate surface area is 162 Å². The van der Waals surface area contributed by atoms with Gasteiger partial charge < -0.3 is 14.2 Å². The Morgan fingerprint density at radius 2 is 1.69 bits per heavy atom. The molecular formula is C17H21NO5S3. The Hall–Kier alpha value is -1.42. The molecule has 0 saturated carbocycles. The zero-order chi connectivity index (χ0) is 18.9. The Morgan fingerprint density at radius 1 is 1.04 bits per heavy atom. The van der Waals surface area contributed by atoms with Crippen LogP contribution in [0, 0.1) is 6.92 Å². The summed E-state index contributed by atoms with van der Waals surface area (Å²) < 4.78 is 44.4. The molecule has 3 rings (SSSR count). The summed E-state index contributed by atoms with van der Waals surface area (Å²) in [5.41, 5.74) is 0.754. The van der Waals surface area contributed by atoms with Crippen molar-refractivity contribution < 1.29 is 22.6 Å². The topological polar surface area (TPSA) is 65.1 Å². The molecule has 2 heterocycles. The Balaban J connectivity index is 2.05. The van der Waals surface area contributed by atoms with E-state index in [1.807, 2.05) is 13.0 Å². The van der Waals surface area contributed by atoms with Crippen molar-refractivity contribution in [3.63, 3.8) is 0 Å². The van der Waals surface area contributed by atoms with E-state index in [0.717, 1.165) is 10.4 Å². The number of rotatable bonds is 6. The summed E-state index contributed by atoms with van der Waals surface area (Å²) in [5, 5.41) is -0.378. The fourth-order valence-corrected chi connectivity index (χ4v) is 7.52. The zero-order valence-corrected chi connectivity index (χ0v) is 17.5. The van der Waals surface area contributed by atoms with Crippen LogP contribution < -0.4 is 14.2 Å². The molecule has 1 saturated heterocycles. The number of hydrogen-bond acceptors (Lipinski definition) is 7. The third-order valence-electron chi connectivity index (χ3n) is 4.13. The van der Waals surface area contributed by atoms with Crippen LogP contribution in [0.5, 0.6) is 17.2 Å². The molecular weight excluding hydrogens is 394 g/mol. The van der Waals surface area contributed by atoms with Gasteiger partial charge in [-0.2, -0.15) is 4.31 Å². The van der Waals surface area contributed by atoms with Crippen molar-refractivity contribution in [1.82, 2.24) is 4.31 Å². The van der Waals surface area contributed by atoms with E-state index in [1.165, 1.54) is 15.6 Å². The average Bonchev–Trinajstić information content (AvgIpc) is 3.30. The van der Waals surface area contributed by atoms with Gasteiger partial charge in [0.1, 0.15) is 9.96 Å². The van der Waals surface area contributed by atoms with Crippen LogP contribution in [0.1, 0.15) is 15.8 Å². The summed E-state index contributed by atoms with van der Waals surface area (Å²) in [6.07, 6.45) is 0. The number of aryl methyl sites for hydroxylation is 1. The first-order valence-corrected chi connectivity index (χ1v) is 11.2. The van der Waals surface area contributed by atoms with E-state index in [0.29, 0.717) is 33.8 Å². The maximum Gasteiger partial charge on any atom is 0.253 e. The van der Waals surface area contributed by atoms with Gasteiger partial charge in [0.25, 0.3) is 10.0 Å². The van der Waals surface area contributed by atoms with Crippen molar-refractivity contribution in [2.75, 3.05) is 33.6 Å². The van der Waals surface area contributed by atoms with Crippen LogP contribution in [0.25, 0.3) is 0 Å². The lowest BCUT2D eigenvalue weighted by molar-refractivity contribution is 0.344. The number of ether oxygens (including phenoxy) is 3. The predicted octanol–water partition coefficient (Wildman–Crippen LogP) is 3.52. The first-order chi connectivity index (χ1) is 12.4. The molecule has 1 fully saturated rings. The summed E-state index contributed by atoms with van der Waals surface area (Å²) in [7, 11) is 1.10. The van der Waals surface area contributed by atoms with Crippen molar-refractivity contribution in [3.8, 4) is 17.2 Å². The second-order valence-electron chi connectivity index (χ2n) is 5.65. The maximum atomic E-state index is 13.1. The number of methoxy groups -OCH3 is 3. The Kier molecular flexibility index (Phi) is 5.71. The van der Waals surface area contributed by atoms with E-state index in [2.05, 4.69) is 0 Å². The average molecular weight is 416 g/mol. The molecule has 1 atom stereocenters. The number of nitrogens with zero attached hydrogens (tertiary/aromatic N) is 1. The van der Waals surface area contributed by atoms with Crippen LogP contribution in [0.2, 0.25) is 0 Å². The minimum absolute atomic E-state index is 0.363. The molecule has 1 aliphatic heterocycles. The first-order valence-electron chi connectivity index (χ1n) is 7.92. The molecule has 1 aliphatic rings. The van der Waals surface area contributed by atoms with Crippen molar-refractivity contribution in [2.45, 2.75) is 16.5 Å². The maximum absolute atomic E-state index is 13.1. The largest absolute Gasteiger partial charge is 0.496 e. The summed E-state index contributed by atoms with van der Waals surface area (Å²) >= 11 is 2.86. The molecule has 0 bridgehead atoms. The molecule has 0 N–H and O–H groups in total. The van der Waals surface area contributed by atoms with Gasteiger partial charge in [-0.25, -0.2) is 8.42 Å². The number of hydrogen-bond donors (Lipinski definition) is 0. The van der Waals surface area contributed by atoms with E-state index in [-0.39, 0.29) is 5.37 Å². The summed E-state index contributed by atoms with van der Waals surface area (Å²) in [4.78, 5) is 0.968. The summed E-state index contributed by atoms with van der Waals surface area (Å²) in [6, 6.07) is 7.02. The number of thioether (sulfide) groups is 1. The van der Waals surface area contributed by atoms with Crippen molar-refractivity contribution >= 4 is 33.1 Å².